The molecule has 1 unspecified atom stereocenters. The van der Waals surface area contributed by atoms with Crippen molar-refractivity contribution in [3.8, 4) is 11.5 Å². The highest BCUT2D eigenvalue weighted by molar-refractivity contribution is 5.44. The van der Waals surface area contributed by atoms with E-state index in [4.69, 9.17) is 9.47 Å². The van der Waals surface area contributed by atoms with Crippen LogP contribution in [0.1, 0.15) is 24.9 Å². The number of ether oxygens (including phenoxy) is 2. The molecule has 1 heterocycles. The fourth-order valence-electron chi connectivity index (χ4n) is 2.18. The summed E-state index contributed by atoms with van der Waals surface area (Å²) in [5, 5.41) is 3.18. The molecule has 0 amide bonds. The fraction of sp³-hybridized carbons (Fsp3) is 0.600. The molecule has 2 rings (SSSR count). The quantitative estimate of drug-likeness (QED) is 0.882. The molecule has 0 radical (unpaired) electrons. The van der Waals surface area contributed by atoms with Gasteiger partial charge < -0.3 is 14.8 Å². The second-order valence-electron chi connectivity index (χ2n) is 5.02. The van der Waals surface area contributed by atoms with E-state index >= 15 is 0 Å². The number of nitrogens with one attached hydrogen (secondary N) is 1. The molecule has 1 aliphatic rings. The van der Waals surface area contributed by atoms with E-state index in [0.29, 0.717) is 6.04 Å². The summed E-state index contributed by atoms with van der Waals surface area (Å²) in [5.41, 5.74) is 1.27. The lowest BCUT2D eigenvalue weighted by Crippen LogP contribution is -2.29. The zero-order valence-corrected chi connectivity index (χ0v) is 12.1. The van der Waals surface area contributed by atoms with Gasteiger partial charge in [-0.1, -0.05) is 6.07 Å². The number of fused-ring (bicyclic) bond motifs is 1. The summed E-state index contributed by atoms with van der Waals surface area (Å²) in [4.78, 5) is 2.33. The first-order valence-electron chi connectivity index (χ1n) is 6.96. The van der Waals surface area contributed by atoms with Crippen LogP contribution in [0.25, 0.3) is 0 Å². The molecule has 0 saturated heterocycles. The van der Waals surface area contributed by atoms with E-state index in [9.17, 15) is 0 Å². The van der Waals surface area contributed by atoms with Gasteiger partial charge in [-0.05, 0) is 38.7 Å². The molecule has 4 nitrogen and oxygen atoms in total. The first-order valence-corrected chi connectivity index (χ1v) is 6.96. The molecule has 0 aromatic heterocycles. The Balaban J connectivity index is 2.09. The fourth-order valence-corrected chi connectivity index (χ4v) is 2.18. The minimum Gasteiger partial charge on any atom is -0.490 e. The summed E-state index contributed by atoms with van der Waals surface area (Å²) in [6.07, 6.45) is 0.946. The van der Waals surface area contributed by atoms with Gasteiger partial charge in [-0.15, -0.1) is 0 Å². The van der Waals surface area contributed by atoms with Crippen LogP contribution in [0.15, 0.2) is 18.2 Å². The standard InChI is InChI=1S/C15H24N2O2/c1-12(17(3)8-7-16-2)13-5-6-14-15(11-13)19-10-4-9-18-14/h5-6,11-12,16H,4,7-10H2,1-3H3. The van der Waals surface area contributed by atoms with Crippen molar-refractivity contribution in [1.29, 1.82) is 0 Å². The molecule has 0 bridgehead atoms. The van der Waals surface area contributed by atoms with Gasteiger partial charge >= 0.3 is 0 Å². The van der Waals surface area contributed by atoms with Crippen LogP contribution < -0.4 is 14.8 Å². The Morgan fingerprint density at radius 3 is 2.74 bits per heavy atom. The van der Waals surface area contributed by atoms with E-state index in [1.54, 1.807) is 0 Å². The lowest BCUT2D eigenvalue weighted by molar-refractivity contribution is 0.262. The highest BCUT2D eigenvalue weighted by Gasteiger charge is 2.16. The lowest BCUT2D eigenvalue weighted by atomic mass is 10.1. The van der Waals surface area contributed by atoms with Crippen molar-refractivity contribution in [2.75, 3.05) is 40.4 Å². The predicted octanol–water partition coefficient (Wildman–Crippen LogP) is 2.06. The SMILES string of the molecule is CNCCN(C)C(C)c1ccc2c(c1)OCCCO2. The molecule has 1 N–H and O–H groups in total. The maximum Gasteiger partial charge on any atom is 0.161 e. The minimum atomic E-state index is 0.366. The summed E-state index contributed by atoms with van der Waals surface area (Å²) in [7, 11) is 4.12. The Kier molecular flexibility index (Phi) is 5.05. The van der Waals surface area contributed by atoms with Gasteiger partial charge in [0.15, 0.2) is 11.5 Å². The van der Waals surface area contributed by atoms with Crippen LogP contribution in [-0.2, 0) is 0 Å². The van der Waals surface area contributed by atoms with E-state index in [2.05, 4.69) is 36.3 Å². The van der Waals surface area contributed by atoms with E-state index in [0.717, 1.165) is 44.2 Å². The molecule has 0 fully saturated rings. The van der Waals surface area contributed by atoms with E-state index < -0.39 is 0 Å². The van der Waals surface area contributed by atoms with Gasteiger partial charge in [-0.2, -0.15) is 0 Å². The molecular weight excluding hydrogens is 240 g/mol. The summed E-state index contributed by atoms with van der Waals surface area (Å²) >= 11 is 0. The van der Waals surface area contributed by atoms with Crippen LogP contribution >= 0.6 is 0 Å². The summed E-state index contributed by atoms with van der Waals surface area (Å²) in [6, 6.07) is 6.64. The lowest BCUT2D eigenvalue weighted by Gasteiger charge is -2.25. The zero-order valence-electron chi connectivity index (χ0n) is 12.1. The maximum absolute atomic E-state index is 5.74. The molecule has 1 atom stereocenters. The highest BCUT2D eigenvalue weighted by Crippen LogP contribution is 2.33. The summed E-state index contributed by atoms with van der Waals surface area (Å²) in [6.45, 7) is 5.71. The average molecular weight is 264 g/mol. The van der Waals surface area contributed by atoms with Gasteiger partial charge in [0.25, 0.3) is 0 Å². The van der Waals surface area contributed by atoms with Crippen LogP contribution in [0.5, 0.6) is 11.5 Å². The normalized spacial score (nSPS) is 16.2. The zero-order chi connectivity index (χ0) is 13.7. The Labute approximate surface area is 115 Å². The molecule has 1 aromatic rings. The maximum atomic E-state index is 5.74. The smallest absolute Gasteiger partial charge is 0.161 e. The molecule has 4 heteroatoms. The Bertz CT molecular complexity index is 409. The van der Waals surface area contributed by atoms with E-state index in [1.807, 2.05) is 13.1 Å². The molecular formula is C15H24N2O2. The molecule has 106 valence electrons. The van der Waals surface area contributed by atoms with E-state index in [1.165, 1.54) is 5.56 Å². The number of hydrogen-bond donors (Lipinski definition) is 1. The number of hydrogen-bond acceptors (Lipinski definition) is 4. The predicted molar refractivity (Wildman–Crippen MR) is 77.0 cm³/mol. The van der Waals surface area contributed by atoms with Crippen LogP contribution in [0.2, 0.25) is 0 Å². The van der Waals surface area contributed by atoms with Crippen LogP contribution in [0, 0.1) is 0 Å². The second-order valence-corrected chi connectivity index (χ2v) is 5.02. The number of benzene rings is 1. The highest BCUT2D eigenvalue weighted by atomic mass is 16.5. The van der Waals surface area contributed by atoms with Crippen molar-refractivity contribution in [2.24, 2.45) is 0 Å². The van der Waals surface area contributed by atoms with Crippen molar-refractivity contribution >= 4 is 0 Å². The van der Waals surface area contributed by atoms with Gasteiger partial charge in [0.2, 0.25) is 0 Å². The van der Waals surface area contributed by atoms with Gasteiger partial charge in [0, 0.05) is 25.6 Å². The van der Waals surface area contributed by atoms with E-state index in [-0.39, 0.29) is 0 Å². The molecule has 0 saturated carbocycles. The summed E-state index contributed by atoms with van der Waals surface area (Å²) in [5.74, 6) is 1.75. The molecule has 1 aliphatic heterocycles. The second kappa shape index (κ2) is 6.78. The topological polar surface area (TPSA) is 33.7 Å². The number of nitrogens with zero attached hydrogens (tertiary/aromatic N) is 1. The van der Waals surface area contributed by atoms with Gasteiger partial charge in [0.1, 0.15) is 0 Å². The summed E-state index contributed by atoms with van der Waals surface area (Å²) < 4.78 is 11.4. The Morgan fingerprint density at radius 1 is 1.26 bits per heavy atom. The third-order valence-corrected chi connectivity index (χ3v) is 3.63. The van der Waals surface area contributed by atoms with Crippen molar-refractivity contribution in [2.45, 2.75) is 19.4 Å². The first-order chi connectivity index (χ1) is 9.22. The Hall–Kier alpha value is -1.26. The van der Waals surface area contributed by atoms with Gasteiger partial charge in [-0.25, -0.2) is 0 Å². The van der Waals surface area contributed by atoms with Crippen LogP contribution in [-0.4, -0.2) is 45.3 Å². The van der Waals surface area contributed by atoms with Crippen LogP contribution in [0.4, 0.5) is 0 Å². The first kappa shape index (κ1) is 14.2. The van der Waals surface area contributed by atoms with Gasteiger partial charge in [0.05, 0.1) is 13.2 Å². The monoisotopic (exact) mass is 264 g/mol. The van der Waals surface area contributed by atoms with Crippen molar-refractivity contribution < 1.29 is 9.47 Å². The van der Waals surface area contributed by atoms with Crippen LogP contribution in [0.3, 0.4) is 0 Å². The number of likely N-dealkylation sites (N-methyl/N-ethyl adjacent to an activating group) is 2. The third-order valence-electron chi connectivity index (χ3n) is 3.63. The average Bonchev–Trinajstić information content (AvgIpc) is 2.68. The third kappa shape index (κ3) is 3.61. The minimum absolute atomic E-state index is 0.366. The molecule has 19 heavy (non-hydrogen) atoms. The molecule has 1 aromatic carbocycles. The molecule has 0 spiro atoms. The van der Waals surface area contributed by atoms with Crippen molar-refractivity contribution in [3.63, 3.8) is 0 Å². The number of rotatable bonds is 5. The van der Waals surface area contributed by atoms with Crippen molar-refractivity contribution in [1.82, 2.24) is 10.2 Å². The Morgan fingerprint density at radius 2 is 2.00 bits per heavy atom. The van der Waals surface area contributed by atoms with Gasteiger partial charge in [-0.3, -0.25) is 4.90 Å². The van der Waals surface area contributed by atoms with Crippen molar-refractivity contribution in [3.05, 3.63) is 23.8 Å². The molecule has 0 aliphatic carbocycles. The largest absolute Gasteiger partial charge is 0.490 e.